The molecule has 0 aliphatic heterocycles. The van der Waals surface area contributed by atoms with Crippen LogP contribution in [0.15, 0.2) is 11.4 Å². The molecule has 1 rings (SSSR count). The van der Waals surface area contributed by atoms with E-state index in [1.165, 1.54) is 25.6 Å². The second-order valence-corrected chi connectivity index (χ2v) is 4.30. The average molecular weight is 216 g/mol. The molecule has 1 aromatic rings. The minimum absolute atomic E-state index is 0.639. The van der Waals surface area contributed by atoms with E-state index >= 15 is 0 Å². The molecule has 0 bridgehead atoms. The summed E-state index contributed by atoms with van der Waals surface area (Å²) in [6.07, 6.45) is -0.639. The maximum absolute atomic E-state index is 10.3. The maximum atomic E-state index is 10.3. The molecule has 0 saturated carbocycles. The predicted octanol–water partition coefficient (Wildman–Crippen LogP) is 1.88. The van der Waals surface area contributed by atoms with Gasteiger partial charge in [-0.25, -0.2) is 0 Å². The molecule has 4 heteroatoms. The zero-order valence-electron chi connectivity index (χ0n) is 8.90. The molecule has 1 heterocycles. The van der Waals surface area contributed by atoms with E-state index in [0.717, 1.165) is 10.4 Å². The first kappa shape index (κ1) is 11.7. The standard InChI is InChI=1S/C10H16O3S/c1-7-5-6-14-8(7)10(2,11)9(12-3)13-4/h5-6,9,11H,1-4H3. The smallest absolute Gasteiger partial charge is 0.190 e. The fourth-order valence-corrected chi connectivity index (χ4v) is 2.55. The minimum Gasteiger partial charge on any atom is -0.379 e. The topological polar surface area (TPSA) is 38.7 Å². The van der Waals surface area contributed by atoms with Gasteiger partial charge in [-0.1, -0.05) is 0 Å². The molecular weight excluding hydrogens is 200 g/mol. The largest absolute Gasteiger partial charge is 0.379 e. The van der Waals surface area contributed by atoms with Crippen LogP contribution in [0.25, 0.3) is 0 Å². The summed E-state index contributed by atoms with van der Waals surface area (Å²) in [5.74, 6) is 0. The van der Waals surface area contributed by atoms with Crippen LogP contribution in [0.3, 0.4) is 0 Å². The normalized spacial score (nSPS) is 15.9. The number of methoxy groups -OCH3 is 2. The maximum Gasteiger partial charge on any atom is 0.190 e. The highest BCUT2D eigenvalue weighted by molar-refractivity contribution is 7.10. The summed E-state index contributed by atoms with van der Waals surface area (Å²) in [7, 11) is 3.04. The van der Waals surface area contributed by atoms with Crippen LogP contribution in [0.1, 0.15) is 17.4 Å². The second kappa shape index (κ2) is 4.40. The molecule has 0 aliphatic rings. The fourth-order valence-electron chi connectivity index (χ4n) is 1.55. The fraction of sp³-hybridized carbons (Fsp3) is 0.600. The van der Waals surface area contributed by atoms with E-state index in [1.54, 1.807) is 6.92 Å². The van der Waals surface area contributed by atoms with Gasteiger partial charge in [-0.3, -0.25) is 0 Å². The van der Waals surface area contributed by atoms with E-state index < -0.39 is 11.9 Å². The molecule has 80 valence electrons. The Kier molecular flexibility index (Phi) is 3.66. The first-order chi connectivity index (χ1) is 6.54. The van der Waals surface area contributed by atoms with Gasteiger partial charge in [0.2, 0.25) is 0 Å². The van der Waals surface area contributed by atoms with Crippen LogP contribution in [-0.4, -0.2) is 25.6 Å². The van der Waals surface area contributed by atoms with E-state index in [-0.39, 0.29) is 0 Å². The highest BCUT2D eigenvalue weighted by Gasteiger charge is 2.36. The first-order valence-electron chi connectivity index (χ1n) is 4.36. The first-order valence-corrected chi connectivity index (χ1v) is 5.24. The Morgan fingerprint density at radius 3 is 2.36 bits per heavy atom. The monoisotopic (exact) mass is 216 g/mol. The quantitative estimate of drug-likeness (QED) is 0.781. The minimum atomic E-state index is -1.10. The zero-order valence-corrected chi connectivity index (χ0v) is 9.72. The summed E-state index contributed by atoms with van der Waals surface area (Å²) in [4.78, 5) is 0.881. The highest BCUT2D eigenvalue weighted by atomic mass is 32.1. The SMILES string of the molecule is COC(OC)C(C)(O)c1sccc1C. The Morgan fingerprint density at radius 2 is 2.00 bits per heavy atom. The van der Waals surface area contributed by atoms with E-state index in [0.29, 0.717) is 0 Å². The van der Waals surface area contributed by atoms with Crippen LogP contribution >= 0.6 is 11.3 Å². The number of hydrogen-bond donors (Lipinski definition) is 1. The van der Waals surface area contributed by atoms with Gasteiger partial charge < -0.3 is 14.6 Å². The van der Waals surface area contributed by atoms with Crippen molar-refractivity contribution in [3.8, 4) is 0 Å². The molecule has 1 aromatic heterocycles. The molecule has 0 aromatic carbocycles. The third-order valence-corrected chi connectivity index (χ3v) is 3.45. The lowest BCUT2D eigenvalue weighted by Crippen LogP contribution is -2.39. The van der Waals surface area contributed by atoms with Gasteiger partial charge >= 0.3 is 0 Å². The van der Waals surface area contributed by atoms with Gasteiger partial charge in [0.05, 0.1) is 0 Å². The van der Waals surface area contributed by atoms with Crippen molar-refractivity contribution >= 4 is 11.3 Å². The van der Waals surface area contributed by atoms with Gasteiger partial charge in [-0.2, -0.15) is 0 Å². The molecule has 0 fully saturated rings. The van der Waals surface area contributed by atoms with E-state index in [2.05, 4.69) is 0 Å². The average Bonchev–Trinajstić information content (AvgIpc) is 2.53. The highest BCUT2D eigenvalue weighted by Crippen LogP contribution is 2.33. The molecular formula is C10H16O3S. The van der Waals surface area contributed by atoms with Crippen LogP contribution in [0.5, 0.6) is 0 Å². The predicted molar refractivity (Wildman–Crippen MR) is 56.4 cm³/mol. The summed E-state index contributed by atoms with van der Waals surface area (Å²) in [5.41, 5.74) is -0.0408. The molecule has 1 N–H and O–H groups in total. The number of rotatable bonds is 4. The van der Waals surface area contributed by atoms with Crippen molar-refractivity contribution in [1.82, 2.24) is 0 Å². The summed E-state index contributed by atoms with van der Waals surface area (Å²) in [5, 5.41) is 12.2. The molecule has 0 saturated heterocycles. The summed E-state index contributed by atoms with van der Waals surface area (Å²) < 4.78 is 10.2. The van der Waals surface area contributed by atoms with Crippen molar-refractivity contribution in [2.45, 2.75) is 25.7 Å². The number of aryl methyl sites for hydroxylation is 1. The van der Waals surface area contributed by atoms with Crippen LogP contribution in [0, 0.1) is 6.92 Å². The Labute approximate surface area is 88.3 Å². The number of hydrogen-bond acceptors (Lipinski definition) is 4. The zero-order chi connectivity index (χ0) is 10.8. The molecule has 1 atom stereocenters. The van der Waals surface area contributed by atoms with Gasteiger partial charge in [-0.15, -0.1) is 11.3 Å². The molecule has 0 aliphatic carbocycles. The second-order valence-electron chi connectivity index (χ2n) is 3.38. The molecule has 0 radical (unpaired) electrons. The van der Waals surface area contributed by atoms with Gasteiger partial charge in [0, 0.05) is 19.1 Å². The number of thiophene rings is 1. The number of ether oxygens (including phenoxy) is 2. The van der Waals surface area contributed by atoms with Gasteiger partial charge in [0.15, 0.2) is 6.29 Å². The Morgan fingerprint density at radius 1 is 1.43 bits per heavy atom. The van der Waals surface area contributed by atoms with Gasteiger partial charge in [0.25, 0.3) is 0 Å². The van der Waals surface area contributed by atoms with Gasteiger partial charge in [0.1, 0.15) is 5.60 Å². The molecule has 3 nitrogen and oxygen atoms in total. The van der Waals surface area contributed by atoms with Gasteiger partial charge in [-0.05, 0) is 30.9 Å². The van der Waals surface area contributed by atoms with Crippen molar-refractivity contribution in [2.24, 2.45) is 0 Å². The van der Waals surface area contributed by atoms with Crippen molar-refractivity contribution in [3.63, 3.8) is 0 Å². The van der Waals surface area contributed by atoms with Crippen molar-refractivity contribution < 1.29 is 14.6 Å². The third-order valence-electron chi connectivity index (χ3n) is 2.21. The van der Waals surface area contributed by atoms with E-state index in [9.17, 15) is 5.11 Å². The summed E-state index contributed by atoms with van der Waals surface area (Å²) in [6.45, 7) is 3.66. The summed E-state index contributed by atoms with van der Waals surface area (Å²) >= 11 is 1.51. The lowest BCUT2D eigenvalue weighted by molar-refractivity contribution is -0.211. The van der Waals surface area contributed by atoms with E-state index in [4.69, 9.17) is 9.47 Å². The molecule has 14 heavy (non-hydrogen) atoms. The van der Waals surface area contributed by atoms with Crippen LogP contribution in [0.4, 0.5) is 0 Å². The van der Waals surface area contributed by atoms with Crippen LogP contribution < -0.4 is 0 Å². The van der Waals surface area contributed by atoms with E-state index in [1.807, 2.05) is 18.4 Å². The Bertz CT molecular complexity index is 289. The van der Waals surface area contributed by atoms with Crippen molar-refractivity contribution in [3.05, 3.63) is 21.9 Å². The molecule has 1 unspecified atom stereocenters. The Hall–Kier alpha value is -0.420. The van der Waals surface area contributed by atoms with Crippen molar-refractivity contribution in [2.75, 3.05) is 14.2 Å². The lowest BCUT2D eigenvalue weighted by atomic mass is 10.0. The van der Waals surface area contributed by atoms with Crippen molar-refractivity contribution in [1.29, 1.82) is 0 Å². The molecule has 0 spiro atoms. The van der Waals surface area contributed by atoms with Crippen LogP contribution in [0.2, 0.25) is 0 Å². The van der Waals surface area contributed by atoms with Crippen LogP contribution in [-0.2, 0) is 15.1 Å². The summed E-state index contributed by atoms with van der Waals surface area (Å²) in [6, 6.07) is 1.97. The number of aliphatic hydroxyl groups is 1. The lowest BCUT2D eigenvalue weighted by Gasteiger charge is -2.30. The molecule has 0 amide bonds. The third kappa shape index (κ3) is 1.98. The Balaban J connectivity index is 3.00.